The number of anilines is 3. The number of aromatic nitrogens is 1. The molecular weight excluding hydrogens is 403 g/mol. The fourth-order valence-corrected chi connectivity index (χ4v) is 3.23. The maximum atomic E-state index is 12.2. The number of benzene rings is 2. The van der Waals surface area contributed by atoms with Crippen molar-refractivity contribution >= 4 is 33.8 Å². The van der Waals surface area contributed by atoms with Gasteiger partial charge in [0, 0.05) is 16.8 Å². The van der Waals surface area contributed by atoms with Gasteiger partial charge in [0.15, 0.2) is 5.13 Å². The van der Waals surface area contributed by atoms with E-state index in [-0.39, 0.29) is 18.1 Å². The summed E-state index contributed by atoms with van der Waals surface area (Å²) in [4.78, 5) is 16.6. The normalized spacial score (nSPS) is 11.2. The van der Waals surface area contributed by atoms with Crippen LogP contribution in [-0.2, 0) is 11.2 Å². The molecule has 0 spiro atoms. The van der Waals surface area contributed by atoms with E-state index >= 15 is 0 Å². The standard InChI is InChI=1S/C20H18F3N3O2S/c1-12-3-4-15(9-13(12)2)24-18(27)10-16-11-29-19(26-16)25-14-5-7-17(8-6-14)28-20(21,22)23/h3-9,11H,10H2,1-2H3,(H,24,27)(H,25,26). The topological polar surface area (TPSA) is 63.2 Å². The molecule has 0 aliphatic rings. The van der Waals surface area contributed by atoms with Gasteiger partial charge in [0.2, 0.25) is 5.91 Å². The number of aryl methyl sites for hydroxylation is 2. The molecule has 0 saturated heterocycles. The number of hydrogen-bond donors (Lipinski definition) is 2. The number of ether oxygens (including phenoxy) is 1. The van der Waals surface area contributed by atoms with Crippen LogP contribution in [0.2, 0.25) is 0 Å². The lowest BCUT2D eigenvalue weighted by molar-refractivity contribution is -0.274. The minimum atomic E-state index is -4.73. The highest BCUT2D eigenvalue weighted by Crippen LogP contribution is 2.26. The predicted octanol–water partition coefficient (Wildman–Crippen LogP) is 5.58. The number of hydrogen-bond acceptors (Lipinski definition) is 5. The number of amides is 1. The molecule has 2 N–H and O–H groups in total. The lowest BCUT2D eigenvalue weighted by Gasteiger charge is -2.09. The zero-order valence-corrected chi connectivity index (χ0v) is 16.4. The third-order valence-corrected chi connectivity index (χ3v) is 4.83. The Morgan fingerprint density at radius 3 is 2.41 bits per heavy atom. The predicted molar refractivity (Wildman–Crippen MR) is 107 cm³/mol. The van der Waals surface area contributed by atoms with Gasteiger partial charge in [-0.25, -0.2) is 4.98 Å². The van der Waals surface area contributed by atoms with Crippen LogP contribution >= 0.6 is 11.3 Å². The molecule has 3 aromatic rings. The van der Waals surface area contributed by atoms with Gasteiger partial charge in [-0.15, -0.1) is 24.5 Å². The highest BCUT2D eigenvalue weighted by Gasteiger charge is 2.30. The van der Waals surface area contributed by atoms with Crippen LogP contribution in [0.1, 0.15) is 16.8 Å². The van der Waals surface area contributed by atoms with Crippen molar-refractivity contribution < 1.29 is 22.7 Å². The van der Waals surface area contributed by atoms with Gasteiger partial charge in [0.1, 0.15) is 5.75 Å². The van der Waals surface area contributed by atoms with E-state index in [1.54, 1.807) is 5.38 Å². The molecule has 0 bridgehead atoms. The van der Waals surface area contributed by atoms with Gasteiger partial charge in [-0.05, 0) is 61.4 Å². The third kappa shape index (κ3) is 6.21. The molecule has 3 rings (SSSR count). The average molecular weight is 421 g/mol. The SMILES string of the molecule is Cc1ccc(NC(=O)Cc2csc(Nc3ccc(OC(F)(F)F)cc3)n2)cc1C. The molecule has 0 aliphatic carbocycles. The smallest absolute Gasteiger partial charge is 0.406 e. The van der Waals surface area contributed by atoms with Crippen LogP contribution in [0.3, 0.4) is 0 Å². The van der Waals surface area contributed by atoms with Crippen molar-refractivity contribution in [2.75, 3.05) is 10.6 Å². The monoisotopic (exact) mass is 421 g/mol. The number of alkyl halides is 3. The molecule has 0 atom stereocenters. The summed E-state index contributed by atoms with van der Waals surface area (Å²) in [6.45, 7) is 3.98. The highest BCUT2D eigenvalue weighted by atomic mass is 32.1. The maximum absolute atomic E-state index is 12.2. The fraction of sp³-hybridized carbons (Fsp3) is 0.200. The lowest BCUT2D eigenvalue weighted by atomic mass is 10.1. The minimum absolute atomic E-state index is 0.115. The number of carbonyl (C=O) groups excluding carboxylic acids is 1. The summed E-state index contributed by atoms with van der Waals surface area (Å²) in [5.74, 6) is -0.482. The minimum Gasteiger partial charge on any atom is -0.406 e. The first kappa shape index (κ1) is 20.7. The summed E-state index contributed by atoms with van der Waals surface area (Å²) in [6.07, 6.45) is -4.61. The van der Waals surface area contributed by atoms with E-state index in [1.165, 1.54) is 35.6 Å². The van der Waals surface area contributed by atoms with E-state index in [9.17, 15) is 18.0 Å². The van der Waals surface area contributed by atoms with Gasteiger partial charge in [-0.2, -0.15) is 0 Å². The Labute approximate surface area is 169 Å². The van der Waals surface area contributed by atoms with E-state index < -0.39 is 6.36 Å². The Morgan fingerprint density at radius 2 is 1.76 bits per heavy atom. The van der Waals surface area contributed by atoms with Crippen molar-refractivity contribution in [1.82, 2.24) is 4.98 Å². The molecule has 1 amide bonds. The molecule has 0 saturated carbocycles. The number of rotatable bonds is 6. The van der Waals surface area contributed by atoms with Gasteiger partial charge in [-0.1, -0.05) is 6.07 Å². The first-order valence-corrected chi connectivity index (χ1v) is 9.50. The molecule has 9 heteroatoms. The average Bonchev–Trinajstić information content (AvgIpc) is 3.05. The van der Waals surface area contributed by atoms with Gasteiger partial charge in [0.25, 0.3) is 0 Å². The van der Waals surface area contributed by atoms with Crippen molar-refractivity contribution in [3.05, 3.63) is 64.7 Å². The van der Waals surface area contributed by atoms with Crippen LogP contribution in [0, 0.1) is 13.8 Å². The Kier molecular flexibility index (Phi) is 6.07. The van der Waals surface area contributed by atoms with Crippen LogP contribution in [0.4, 0.5) is 29.7 Å². The number of halogens is 3. The van der Waals surface area contributed by atoms with Crippen LogP contribution in [0.5, 0.6) is 5.75 Å². The van der Waals surface area contributed by atoms with Crippen LogP contribution in [-0.4, -0.2) is 17.3 Å². The number of nitrogens with zero attached hydrogens (tertiary/aromatic N) is 1. The summed E-state index contributed by atoms with van der Waals surface area (Å²) in [5.41, 5.74) is 4.12. The molecule has 0 aliphatic heterocycles. The molecule has 1 aromatic heterocycles. The number of carbonyl (C=O) groups is 1. The fourth-order valence-electron chi connectivity index (χ4n) is 2.50. The van der Waals surface area contributed by atoms with Crippen molar-refractivity contribution in [2.24, 2.45) is 0 Å². The van der Waals surface area contributed by atoms with E-state index in [0.717, 1.165) is 16.8 Å². The van der Waals surface area contributed by atoms with Crippen molar-refractivity contribution in [1.29, 1.82) is 0 Å². The zero-order valence-electron chi connectivity index (χ0n) is 15.6. The number of nitrogens with one attached hydrogen (secondary N) is 2. The Bertz CT molecular complexity index is 1000. The summed E-state index contributed by atoms with van der Waals surface area (Å²) in [5, 5.41) is 8.12. The maximum Gasteiger partial charge on any atom is 0.573 e. The molecule has 1 heterocycles. The summed E-state index contributed by atoms with van der Waals surface area (Å²) >= 11 is 1.30. The molecule has 152 valence electrons. The van der Waals surface area contributed by atoms with E-state index in [0.29, 0.717) is 16.5 Å². The summed E-state index contributed by atoms with van der Waals surface area (Å²) < 4.78 is 40.4. The van der Waals surface area contributed by atoms with Crippen LogP contribution in [0.25, 0.3) is 0 Å². The molecule has 0 unspecified atom stereocenters. The van der Waals surface area contributed by atoms with Gasteiger partial charge in [-0.3, -0.25) is 4.79 Å². The summed E-state index contributed by atoms with van der Waals surface area (Å²) in [6, 6.07) is 11.0. The van der Waals surface area contributed by atoms with Gasteiger partial charge in [0.05, 0.1) is 12.1 Å². The Hall–Kier alpha value is -3.07. The van der Waals surface area contributed by atoms with Crippen LogP contribution in [0.15, 0.2) is 47.8 Å². The molecule has 2 aromatic carbocycles. The quantitative estimate of drug-likeness (QED) is 0.545. The second kappa shape index (κ2) is 8.52. The lowest BCUT2D eigenvalue weighted by Crippen LogP contribution is -2.16. The molecule has 0 fully saturated rings. The third-order valence-electron chi connectivity index (χ3n) is 4.02. The van der Waals surface area contributed by atoms with E-state index in [1.807, 2.05) is 32.0 Å². The van der Waals surface area contributed by atoms with E-state index in [2.05, 4.69) is 20.4 Å². The summed E-state index contributed by atoms with van der Waals surface area (Å²) in [7, 11) is 0. The zero-order chi connectivity index (χ0) is 21.0. The second-order valence-electron chi connectivity index (χ2n) is 6.37. The van der Waals surface area contributed by atoms with Crippen LogP contribution < -0.4 is 15.4 Å². The second-order valence-corrected chi connectivity index (χ2v) is 7.22. The first-order chi connectivity index (χ1) is 13.7. The Morgan fingerprint density at radius 1 is 1.07 bits per heavy atom. The molecule has 0 radical (unpaired) electrons. The molecular formula is C20H18F3N3O2S. The Balaban J connectivity index is 1.56. The van der Waals surface area contributed by atoms with Crippen molar-refractivity contribution in [2.45, 2.75) is 26.6 Å². The van der Waals surface area contributed by atoms with Crippen molar-refractivity contribution in [3.8, 4) is 5.75 Å². The van der Waals surface area contributed by atoms with Crippen molar-refractivity contribution in [3.63, 3.8) is 0 Å². The van der Waals surface area contributed by atoms with Gasteiger partial charge >= 0.3 is 6.36 Å². The first-order valence-electron chi connectivity index (χ1n) is 8.62. The molecule has 5 nitrogen and oxygen atoms in total. The highest BCUT2D eigenvalue weighted by molar-refractivity contribution is 7.13. The van der Waals surface area contributed by atoms with Gasteiger partial charge < -0.3 is 15.4 Å². The largest absolute Gasteiger partial charge is 0.573 e. The van der Waals surface area contributed by atoms with E-state index in [4.69, 9.17) is 0 Å². The molecule has 29 heavy (non-hydrogen) atoms. The number of thiazole rings is 1.